The van der Waals surface area contributed by atoms with Crippen LogP contribution in [-0.2, 0) is 4.79 Å². The molecule has 0 saturated heterocycles. The fourth-order valence-corrected chi connectivity index (χ4v) is 3.35. The van der Waals surface area contributed by atoms with Gasteiger partial charge in [-0.1, -0.05) is 12.1 Å². The summed E-state index contributed by atoms with van der Waals surface area (Å²) in [5, 5.41) is 0.962. The largest absolute Gasteiger partial charge is 0.479 e. The maximum atomic E-state index is 12.2. The van der Waals surface area contributed by atoms with E-state index in [1.165, 1.54) is 0 Å². The zero-order valence-electron chi connectivity index (χ0n) is 15.3. The Balaban J connectivity index is 1.84. The summed E-state index contributed by atoms with van der Waals surface area (Å²) in [5.41, 5.74) is 10.0. The summed E-state index contributed by atoms with van der Waals surface area (Å²) in [6.07, 6.45) is -0.523. The van der Waals surface area contributed by atoms with Crippen molar-refractivity contribution in [1.29, 1.82) is 0 Å². The van der Waals surface area contributed by atoms with Gasteiger partial charge >= 0.3 is 0 Å². The van der Waals surface area contributed by atoms with Gasteiger partial charge in [0.15, 0.2) is 6.10 Å². The molecule has 6 heteroatoms. The van der Waals surface area contributed by atoms with Crippen LogP contribution in [0.3, 0.4) is 0 Å². The molecule has 2 aromatic carbocycles. The molecule has 1 aliphatic heterocycles. The molecule has 2 N–H and O–H groups in total. The van der Waals surface area contributed by atoms with Gasteiger partial charge in [0.25, 0.3) is 5.91 Å². The highest BCUT2D eigenvalue weighted by Gasteiger charge is 2.29. The Morgan fingerprint density at radius 2 is 1.89 bits per heavy atom. The van der Waals surface area contributed by atoms with Crippen LogP contribution in [0.4, 0.5) is 5.69 Å². The van der Waals surface area contributed by atoms with Crippen LogP contribution in [0.25, 0.3) is 22.2 Å². The van der Waals surface area contributed by atoms with Crippen molar-refractivity contribution in [3.63, 3.8) is 0 Å². The van der Waals surface area contributed by atoms with Gasteiger partial charge in [-0.2, -0.15) is 0 Å². The zero-order valence-corrected chi connectivity index (χ0v) is 15.3. The molecule has 3 aromatic rings. The van der Waals surface area contributed by atoms with Crippen molar-refractivity contribution in [3.8, 4) is 17.0 Å². The highest BCUT2D eigenvalue weighted by atomic mass is 16.5. The van der Waals surface area contributed by atoms with Crippen molar-refractivity contribution in [1.82, 2.24) is 4.98 Å². The molecule has 27 heavy (non-hydrogen) atoms. The molecule has 0 bridgehead atoms. The Bertz CT molecular complexity index is 1090. The molecule has 0 radical (unpaired) electrons. The van der Waals surface area contributed by atoms with Crippen LogP contribution in [-0.4, -0.2) is 29.9 Å². The Morgan fingerprint density at radius 3 is 2.56 bits per heavy atom. The lowest BCUT2D eigenvalue weighted by Crippen LogP contribution is -2.41. The minimum atomic E-state index is -0.523. The monoisotopic (exact) mass is 361 g/mol. The van der Waals surface area contributed by atoms with Crippen molar-refractivity contribution >= 4 is 28.4 Å². The topological polar surface area (TPSA) is 85.5 Å². The predicted molar refractivity (Wildman–Crippen MR) is 104 cm³/mol. The standard InChI is InChI=1S/C21H19N3O3/c1-11-8-16(13-4-6-14(7-5-13)20(22)25)23-17-10-19-18(9-15(11)17)24(3)21(26)12(2)27-19/h4-10,12H,1-3H3,(H2,22,25). The number of nitrogens with zero attached hydrogens (tertiary/aromatic N) is 2. The van der Waals surface area contributed by atoms with Gasteiger partial charge in [0.1, 0.15) is 5.75 Å². The van der Waals surface area contributed by atoms with E-state index in [4.69, 9.17) is 15.5 Å². The quantitative estimate of drug-likeness (QED) is 0.760. The molecule has 2 heterocycles. The Hall–Kier alpha value is -3.41. The van der Waals surface area contributed by atoms with Gasteiger partial charge < -0.3 is 15.4 Å². The van der Waals surface area contributed by atoms with Crippen molar-refractivity contribution < 1.29 is 14.3 Å². The van der Waals surface area contributed by atoms with Crippen LogP contribution in [0.5, 0.6) is 5.75 Å². The number of carbonyl (C=O) groups excluding carboxylic acids is 2. The van der Waals surface area contributed by atoms with Gasteiger partial charge in [-0.3, -0.25) is 9.59 Å². The fraction of sp³-hybridized carbons (Fsp3) is 0.190. The normalized spacial score (nSPS) is 16.2. The molecule has 0 fully saturated rings. The number of anilines is 1. The molecule has 1 aliphatic rings. The number of fused-ring (bicyclic) bond motifs is 2. The Morgan fingerprint density at radius 1 is 1.19 bits per heavy atom. The Labute approximate surface area is 156 Å². The minimum absolute atomic E-state index is 0.0707. The van der Waals surface area contributed by atoms with Crippen molar-refractivity contribution in [2.24, 2.45) is 5.73 Å². The van der Waals surface area contributed by atoms with E-state index in [-0.39, 0.29) is 5.91 Å². The number of hydrogen-bond acceptors (Lipinski definition) is 4. The molecule has 0 spiro atoms. The summed E-state index contributed by atoms with van der Waals surface area (Å²) in [7, 11) is 1.75. The summed E-state index contributed by atoms with van der Waals surface area (Å²) in [6, 6.07) is 12.8. The smallest absolute Gasteiger partial charge is 0.267 e. The molecule has 0 aliphatic carbocycles. The van der Waals surface area contributed by atoms with E-state index in [2.05, 4.69) is 0 Å². The number of rotatable bonds is 2. The van der Waals surface area contributed by atoms with Crippen LogP contribution in [0.2, 0.25) is 0 Å². The number of carbonyl (C=O) groups is 2. The first-order valence-electron chi connectivity index (χ1n) is 8.65. The number of primary amides is 1. The van der Waals surface area contributed by atoms with Crippen LogP contribution >= 0.6 is 0 Å². The second-order valence-corrected chi connectivity index (χ2v) is 6.76. The number of hydrogen-bond donors (Lipinski definition) is 1. The van der Waals surface area contributed by atoms with E-state index in [0.717, 1.165) is 33.4 Å². The number of nitrogens with two attached hydrogens (primary N) is 1. The summed E-state index contributed by atoms with van der Waals surface area (Å²) < 4.78 is 5.77. The van der Waals surface area contributed by atoms with Gasteiger partial charge in [0, 0.05) is 29.6 Å². The lowest BCUT2D eigenvalue weighted by Gasteiger charge is -2.30. The molecule has 1 atom stereocenters. The van der Waals surface area contributed by atoms with Crippen LogP contribution < -0.4 is 15.4 Å². The lowest BCUT2D eigenvalue weighted by molar-refractivity contribution is -0.125. The van der Waals surface area contributed by atoms with E-state index in [1.807, 2.05) is 37.3 Å². The number of amides is 2. The van der Waals surface area contributed by atoms with Crippen molar-refractivity contribution in [2.45, 2.75) is 20.0 Å². The van der Waals surface area contributed by atoms with Crippen LogP contribution in [0.15, 0.2) is 42.5 Å². The van der Waals surface area contributed by atoms with Gasteiger partial charge in [-0.25, -0.2) is 4.98 Å². The summed E-state index contributed by atoms with van der Waals surface area (Å²) >= 11 is 0. The average molecular weight is 361 g/mol. The SMILES string of the molecule is Cc1cc(-c2ccc(C(N)=O)cc2)nc2cc3c(cc12)N(C)C(=O)C(C)O3. The van der Waals surface area contributed by atoms with E-state index >= 15 is 0 Å². The zero-order chi connectivity index (χ0) is 19.3. The molecule has 1 aromatic heterocycles. The maximum Gasteiger partial charge on any atom is 0.267 e. The van der Waals surface area contributed by atoms with Gasteiger partial charge in [-0.05, 0) is 43.7 Å². The van der Waals surface area contributed by atoms with Gasteiger partial charge in [-0.15, -0.1) is 0 Å². The maximum absolute atomic E-state index is 12.2. The molecule has 2 amide bonds. The number of aromatic nitrogens is 1. The van der Waals surface area contributed by atoms with Gasteiger partial charge in [0.2, 0.25) is 5.91 Å². The lowest BCUT2D eigenvalue weighted by atomic mass is 10.0. The van der Waals surface area contributed by atoms with Crippen LogP contribution in [0.1, 0.15) is 22.8 Å². The van der Waals surface area contributed by atoms with Crippen molar-refractivity contribution in [3.05, 3.63) is 53.6 Å². The molecule has 1 unspecified atom stereocenters. The average Bonchev–Trinajstić information content (AvgIpc) is 2.65. The second-order valence-electron chi connectivity index (χ2n) is 6.76. The molecule has 6 nitrogen and oxygen atoms in total. The number of benzene rings is 2. The molecule has 0 saturated carbocycles. The highest BCUT2D eigenvalue weighted by molar-refractivity contribution is 6.02. The third-order valence-electron chi connectivity index (χ3n) is 4.90. The fourth-order valence-electron chi connectivity index (χ4n) is 3.35. The molecule has 4 rings (SSSR count). The van der Waals surface area contributed by atoms with E-state index in [9.17, 15) is 9.59 Å². The predicted octanol–water partition coefficient (Wildman–Crippen LogP) is 3.05. The number of likely N-dealkylation sites (N-methyl/N-ethyl adjacent to an activating group) is 1. The minimum Gasteiger partial charge on any atom is -0.479 e. The second kappa shape index (κ2) is 6.09. The summed E-state index contributed by atoms with van der Waals surface area (Å²) in [4.78, 5) is 29.8. The van der Waals surface area contributed by atoms with E-state index < -0.39 is 12.0 Å². The third-order valence-corrected chi connectivity index (χ3v) is 4.90. The summed E-state index contributed by atoms with van der Waals surface area (Å²) in [5.74, 6) is 0.115. The number of ether oxygens (including phenoxy) is 1. The first kappa shape index (κ1) is 17.0. The number of pyridine rings is 1. The molecule has 136 valence electrons. The van der Waals surface area contributed by atoms with E-state index in [1.54, 1.807) is 31.0 Å². The first-order chi connectivity index (χ1) is 12.8. The highest BCUT2D eigenvalue weighted by Crippen LogP contribution is 2.38. The van der Waals surface area contributed by atoms with E-state index in [0.29, 0.717) is 11.3 Å². The number of aryl methyl sites for hydroxylation is 1. The molecular formula is C21H19N3O3. The Kier molecular flexibility index (Phi) is 3.84. The van der Waals surface area contributed by atoms with Crippen LogP contribution in [0, 0.1) is 6.92 Å². The van der Waals surface area contributed by atoms with Gasteiger partial charge in [0.05, 0.1) is 16.9 Å². The third kappa shape index (κ3) is 2.79. The molecular weight excluding hydrogens is 342 g/mol. The summed E-state index contributed by atoms with van der Waals surface area (Å²) in [6.45, 7) is 3.74. The first-order valence-corrected chi connectivity index (χ1v) is 8.65. The van der Waals surface area contributed by atoms with Crippen molar-refractivity contribution in [2.75, 3.05) is 11.9 Å².